The highest BCUT2D eigenvalue weighted by Gasteiger charge is 2.10. The van der Waals surface area contributed by atoms with Crippen LogP contribution in [0.3, 0.4) is 0 Å². The maximum absolute atomic E-state index is 6.02. The van der Waals surface area contributed by atoms with Crippen LogP contribution in [0.2, 0.25) is 5.02 Å². The summed E-state index contributed by atoms with van der Waals surface area (Å²) in [5, 5.41) is 4.45. The van der Waals surface area contributed by atoms with Gasteiger partial charge in [-0.25, -0.2) is 9.97 Å². The van der Waals surface area contributed by atoms with E-state index in [1.54, 1.807) is 6.07 Å². The second-order valence-electron chi connectivity index (χ2n) is 4.21. The number of anilines is 1. The van der Waals surface area contributed by atoms with Gasteiger partial charge < -0.3 is 10.3 Å². The van der Waals surface area contributed by atoms with Crippen molar-refractivity contribution < 1.29 is 4.52 Å². The molecule has 3 aromatic rings. The lowest BCUT2D eigenvalue weighted by Gasteiger charge is -2.04. The van der Waals surface area contributed by atoms with Gasteiger partial charge in [0.25, 0.3) is 0 Å². The van der Waals surface area contributed by atoms with Crippen LogP contribution >= 0.6 is 11.6 Å². The summed E-state index contributed by atoms with van der Waals surface area (Å²) in [5.41, 5.74) is 8.61. The lowest BCUT2D eigenvalue weighted by molar-refractivity contribution is 0.436. The molecule has 6 nitrogen and oxygen atoms in total. The number of aromatic nitrogens is 4. The smallest absolute Gasteiger partial charge is 0.319 e. The molecular weight excluding hydrogens is 278 g/mol. The summed E-state index contributed by atoms with van der Waals surface area (Å²) in [6, 6.07) is 7.46. The predicted octanol–water partition coefficient (Wildman–Crippen LogP) is 2.74. The van der Waals surface area contributed by atoms with E-state index < -0.39 is 0 Å². The highest BCUT2D eigenvalue weighted by molar-refractivity contribution is 6.31. The maximum atomic E-state index is 6.02. The van der Waals surface area contributed by atoms with E-state index in [-0.39, 0.29) is 6.01 Å². The Labute approximate surface area is 119 Å². The number of nitrogens with zero attached hydrogens (tertiary/aromatic N) is 4. The number of nitrogens with two attached hydrogens (primary N) is 1. The maximum Gasteiger partial charge on any atom is 0.319 e. The molecule has 0 aliphatic rings. The fourth-order valence-electron chi connectivity index (χ4n) is 1.78. The normalized spacial score (nSPS) is 10.7. The van der Waals surface area contributed by atoms with E-state index in [9.17, 15) is 0 Å². The Morgan fingerprint density at radius 2 is 1.95 bits per heavy atom. The van der Waals surface area contributed by atoms with Crippen molar-refractivity contribution in [3.05, 3.63) is 41.2 Å². The zero-order valence-corrected chi connectivity index (χ0v) is 11.3. The van der Waals surface area contributed by atoms with Crippen LogP contribution < -0.4 is 5.73 Å². The summed E-state index contributed by atoms with van der Waals surface area (Å²) in [5.74, 6) is 0.330. The summed E-state index contributed by atoms with van der Waals surface area (Å²) in [7, 11) is 0. The summed E-state index contributed by atoms with van der Waals surface area (Å²) < 4.78 is 4.74. The molecule has 0 radical (unpaired) electrons. The fraction of sp³-hybridized carbons (Fsp3) is 0.0769. The third-order valence-corrected chi connectivity index (χ3v) is 3.22. The van der Waals surface area contributed by atoms with Gasteiger partial charge in [0.2, 0.25) is 5.82 Å². The number of benzene rings is 1. The molecule has 0 aliphatic carbocycles. The molecule has 2 N–H and O–H groups in total. The van der Waals surface area contributed by atoms with E-state index in [0.717, 1.165) is 16.8 Å². The standard InChI is InChI=1S/C13H10ClN5O/c1-7-4-8(2-3-9(7)14)10-5-11(17-6-16-10)12-18-13(15)20-19-12/h2-6H,1H3,(H2,15,18,19). The molecule has 0 saturated carbocycles. The van der Waals surface area contributed by atoms with Crippen LogP contribution in [-0.2, 0) is 0 Å². The molecule has 0 atom stereocenters. The molecule has 2 heterocycles. The van der Waals surface area contributed by atoms with Gasteiger partial charge in [-0.3, -0.25) is 0 Å². The minimum atomic E-state index is 0.00231. The summed E-state index contributed by atoms with van der Waals surface area (Å²) in [6.45, 7) is 1.94. The Bertz CT molecular complexity index is 771. The van der Waals surface area contributed by atoms with E-state index in [0.29, 0.717) is 16.5 Å². The van der Waals surface area contributed by atoms with Crippen LogP contribution in [0.15, 0.2) is 35.1 Å². The van der Waals surface area contributed by atoms with Crippen LogP contribution in [0.25, 0.3) is 22.8 Å². The molecule has 0 fully saturated rings. The van der Waals surface area contributed by atoms with Crippen LogP contribution in [0.4, 0.5) is 6.01 Å². The first kappa shape index (κ1) is 12.6. The number of hydrogen-bond acceptors (Lipinski definition) is 6. The van der Waals surface area contributed by atoms with Gasteiger partial charge in [0.1, 0.15) is 12.0 Å². The topological polar surface area (TPSA) is 90.7 Å². The molecule has 100 valence electrons. The fourth-order valence-corrected chi connectivity index (χ4v) is 1.90. The molecule has 0 unspecified atom stereocenters. The third-order valence-electron chi connectivity index (χ3n) is 2.79. The van der Waals surface area contributed by atoms with Gasteiger partial charge in [-0.15, -0.1) is 0 Å². The predicted molar refractivity (Wildman–Crippen MR) is 74.9 cm³/mol. The molecule has 0 bridgehead atoms. The molecule has 0 aliphatic heterocycles. The average molecular weight is 288 g/mol. The van der Waals surface area contributed by atoms with Crippen molar-refractivity contribution in [1.29, 1.82) is 0 Å². The molecule has 0 amide bonds. The number of halogens is 1. The van der Waals surface area contributed by atoms with E-state index in [4.69, 9.17) is 21.9 Å². The highest BCUT2D eigenvalue weighted by atomic mass is 35.5. The number of hydrogen-bond donors (Lipinski definition) is 1. The van der Waals surface area contributed by atoms with Crippen molar-refractivity contribution in [2.24, 2.45) is 0 Å². The third kappa shape index (κ3) is 2.33. The SMILES string of the molecule is Cc1cc(-c2cc(-c3noc(N)n3)ncn2)ccc1Cl. The van der Waals surface area contributed by atoms with Crippen molar-refractivity contribution in [2.45, 2.75) is 6.92 Å². The molecule has 7 heteroatoms. The van der Waals surface area contributed by atoms with Crippen LogP contribution in [0.5, 0.6) is 0 Å². The van der Waals surface area contributed by atoms with Crippen molar-refractivity contribution in [3.63, 3.8) is 0 Å². The quantitative estimate of drug-likeness (QED) is 0.779. The van der Waals surface area contributed by atoms with Gasteiger partial charge in [0.05, 0.1) is 5.69 Å². The summed E-state index contributed by atoms with van der Waals surface area (Å²) in [6.07, 6.45) is 1.45. The number of rotatable bonds is 2. The Kier molecular flexibility index (Phi) is 3.08. The molecule has 2 aromatic heterocycles. The van der Waals surface area contributed by atoms with Crippen molar-refractivity contribution in [2.75, 3.05) is 5.73 Å². The zero-order chi connectivity index (χ0) is 14.1. The zero-order valence-electron chi connectivity index (χ0n) is 10.5. The van der Waals surface area contributed by atoms with Crippen molar-refractivity contribution in [1.82, 2.24) is 20.1 Å². The molecular formula is C13H10ClN5O. The Morgan fingerprint density at radius 3 is 2.65 bits per heavy atom. The Hall–Kier alpha value is -2.47. The van der Waals surface area contributed by atoms with Gasteiger partial charge >= 0.3 is 6.01 Å². The minimum absolute atomic E-state index is 0.00231. The Morgan fingerprint density at radius 1 is 1.15 bits per heavy atom. The monoisotopic (exact) mass is 287 g/mol. The van der Waals surface area contributed by atoms with Crippen LogP contribution in [0, 0.1) is 6.92 Å². The second-order valence-corrected chi connectivity index (χ2v) is 4.62. The summed E-state index contributed by atoms with van der Waals surface area (Å²) in [4.78, 5) is 12.3. The first-order valence-electron chi connectivity index (χ1n) is 5.81. The van der Waals surface area contributed by atoms with Gasteiger partial charge in [-0.2, -0.15) is 4.98 Å². The van der Waals surface area contributed by atoms with E-state index in [2.05, 4.69) is 20.1 Å². The van der Waals surface area contributed by atoms with Crippen molar-refractivity contribution >= 4 is 17.6 Å². The van der Waals surface area contributed by atoms with Gasteiger partial charge in [-0.1, -0.05) is 22.8 Å². The van der Waals surface area contributed by atoms with Gasteiger partial charge in [0.15, 0.2) is 0 Å². The lowest BCUT2D eigenvalue weighted by atomic mass is 10.1. The van der Waals surface area contributed by atoms with Gasteiger partial charge in [-0.05, 0) is 30.7 Å². The van der Waals surface area contributed by atoms with Gasteiger partial charge in [0, 0.05) is 10.6 Å². The largest absolute Gasteiger partial charge is 0.351 e. The van der Waals surface area contributed by atoms with E-state index >= 15 is 0 Å². The second kappa shape index (κ2) is 4.90. The molecule has 20 heavy (non-hydrogen) atoms. The highest BCUT2D eigenvalue weighted by Crippen LogP contribution is 2.25. The van der Waals surface area contributed by atoms with Crippen LogP contribution in [0.1, 0.15) is 5.56 Å². The average Bonchev–Trinajstić information content (AvgIpc) is 2.89. The molecule has 0 spiro atoms. The number of nitrogen functional groups attached to an aromatic ring is 1. The number of aryl methyl sites for hydroxylation is 1. The van der Waals surface area contributed by atoms with Crippen LogP contribution in [-0.4, -0.2) is 20.1 Å². The minimum Gasteiger partial charge on any atom is -0.351 e. The Balaban J connectivity index is 2.04. The van der Waals surface area contributed by atoms with E-state index in [1.165, 1.54) is 6.33 Å². The molecule has 0 saturated heterocycles. The lowest BCUT2D eigenvalue weighted by Crippen LogP contribution is -1.91. The first-order valence-corrected chi connectivity index (χ1v) is 6.19. The van der Waals surface area contributed by atoms with E-state index in [1.807, 2.05) is 25.1 Å². The molecule has 3 rings (SSSR count). The van der Waals surface area contributed by atoms with Crippen molar-refractivity contribution in [3.8, 4) is 22.8 Å². The summed E-state index contributed by atoms with van der Waals surface area (Å²) >= 11 is 6.02. The first-order chi connectivity index (χ1) is 9.63. The molecule has 1 aromatic carbocycles.